The van der Waals surface area contributed by atoms with Crippen molar-refractivity contribution in [2.24, 2.45) is 5.92 Å². The highest BCUT2D eigenvalue weighted by Gasteiger charge is 2.29. The Morgan fingerprint density at radius 3 is 2.44 bits per heavy atom. The monoisotopic (exact) mass is 226 g/mol. The molecule has 4 nitrogen and oxygen atoms in total. The maximum Gasteiger partial charge on any atom is 0.229 e. The number of imide groups is 1. The molecule has 0 aromatic rings. The van der Waals surface area contributed by atoms with Gasteiger partial charge in [0.1, 0.15) is 0 Å². The molecule has 92 valence electrons. The lowest BCUT2D eigenvalue weighted by Gasteiger charge is -2.29. The number of hydrogen-bond donors (Lipinski definition) is 1. The summed E-state index contributed by atoms with van der Waals surface area (Å²) in [6.07, 6.45) is 1.86. The molecule has 4 heteroatoms. The van der Waals surface area contributed by atoms with Crippen molar-refractivity contribution in [3.63, 3.8) is 0 Å². The minimum atomic E-state index is -0.00699. The van der Waals surface area contributed by atoms with Gasteiger partial charge in [0.2, 0.25) is 11.8 Å². The van der Waals surface area contributed by atoms with Gasteiger partial charge in [0.15, 0.2) is 0 Å². The van der Waals surface area contributed by atoms with Crippen LogP contribution in [0.2, 0.25) is 0 Å². The van der Waals surface area contributed by atoms with Crippen molar-refractivity contribution in [2.75, 3.05) is 13.1 Å². The van der Waals surface area contributed by atoms with Crippen molar-refractivity contribution in [3.8, 4) is 0 Å². The predicted molar refractivity (Wildman–Crippen MR) is 62.9 cm³/mol. The van der Waals surface area contributed by atoms with Gasteiger partial charge in [-0.1, -0.05) is 13.8 Å². The average molecular weight is 226 g/mol. The van der Waals surface area contributed by atoms with Gasteiger partial charge in [0.25, 0.3) is 0 Å². The van der Waals surface area contributed by atoms with E-state index in [9.17, 15) is 9.59 Å². The highest BCUT2D eigenvalue weighted by molar-refractivity contribution is 5.97. The molecule has 1 unspecified atom stereocenters. The molecule has 1 aliphatic heterocycles. The van der Waals surface area contributed by atoms with Gasteiger partial charge in [0, 0.05) is 25.4 Å². The normalized spacial score (nSPS) is 20.3. The predicted octanol–water partition coefficient (Wildman–Crippen LogP) is 1.16. The molecule has 0 aliphatic carbocycles. The fourth-order valence-electron chi connectivity index (χ4n) is 2.05. The Morgan fingerprint density at radius 2 is 1.94 bits per heavy atom. The van der Waals surface area contributed by atoms with Gasteiger partial charge >= 0.3 is 0 Å². The minimum Gasteiger partial charge on any atom is -0.314 e. The first-order valence-corrected chi connectivity index (χ1v) is 6.11. The van der Waals surface area contributed by atoms with Crippen LogP contribution in [0.15, 0.2) is 0 Å². The third-order valence-corrected chi connectivity index (χ3v) is 2.99. The Morgan fingerprint density at radius 1 is 1.38 bits per heavy atom. The van der Waals surface area contributed by atoms with Crippen molar-refractivity contribution < 1.29 is 9.59 Å². The molecular formula is C12H22N2O2. The van der Waals surface area contributed by atoms with Crippen molar-refractivity contribution in [3.05, 3.63) is 0 Å². The van der Waals surface area contributed by atoms with Crippen LogP contribution in [0.5, 0.6) is 0 Å². The van der Waals surface area contributed by atoms with Gasteiger partial charge in [-0.05, 0) is 25.8 Å². The molecular weight excluding hydrogens is 204 g/mol. The van der Waals surface area contributed by atoms with Crippen LogP contribution in [0.25, 0.3) is 0 Å². The summed E-state index contributed by atoms with van der Waals surface area (Å²) in [6, 6.07) is 0.352. The molecule has 0 radical (unpaired) electrons. The number of carbonyl (C=O) groups excluding carboxylic acids is 2. The zero-order valence-corrected chi connectivity index (χ0v) is 10.5. The van der Waals surface area contributed by atoms with E-state index < -0.39 is 0 Å². The van der Waals surface area contributed by atoms with Gasteiger partial charge in [0.05, 0.1) is 0 Å². The average Bonchev–Trinajstić information content (AvgIpc) is 2.16. The first-order chi connectivity index (χ1) is 7.54. The minimum absolute atomic E-state index is 0.00699. The van der Waals surface area contributed by atoms with Crippen LogP contribution in [-0.4, -0.2) is 35.8 Å². The molecule has 0 aromatic carbocycles. The fourth-order valence-corrected chi connectivity index (χ4v) is 2.05. The Labute approximate surface area is 97.4 Å². The van der Waals surface area contributed by atoms with Crippen molar-refractivity contribution in [1.29, 1.82) is 0 Å². The van der Waals surface area contributed by atoms with Gasteiger partial charge in [-0.3, -0.25) is 14.5 Å². The molecule has 1 heterocycles. The van der Waals surface area contributed by atoms with E-state index in [0.717, 1.165) is 13.0 Å². The van der Waals surface area contributed by atoms with Crippen LogP contribution in [0.4, 0.5) is 0 Å². The summed E-state index contributed by atoms with van der Waals surface area (Å²) in [5, 5.41) is 3.27. The van der Waals surface area contributed by atoms with E-state index in [0.29, 0.717) is 25.4 Å². The molecule has 0 bridgehead atoms. The molecule has 1 fully saturated rings. The Kier molecular flexibility index (Phi) is 4.93. The van der Waals surface area contributed by atoms with Gasteiger partial charge in [-0.25, -0.2) is 0 Å². The third kappa shape index (κ3) is 3.59. The standard InChI is InChI=1S/C12H22N2O2/c1-4-13-10(3)5-6-14-11(15)7-9(2)8-12(14)16/h9-10,13H,4-8H2,1-3H3. The molecule has 16 heavy (non-hydrogen) atoms. The number of carbonyl (C=O) groups is 2. The summed E-state index contributed by atoms with van der Waals surface area (Å²) in [7, 11) is 0. The van der Waals surface area contributed by atoms with Crippen LogP contribution < -0.4 is 5.32 Å². The number of rotatable bonds is 5. The summed E-state index contributed by atoms with van der Waals surface area (Å²) in [4.78, 5) is 24.8. The van der Waals surface area contributed by atoms with Crippen LogP contribution >= 0.6 is 0 Å². The molecule has 1 saturated heterocycles. The highest BCUT2D eigenvalue weighted by atomic mass is 16.2. The summed E-state index contributed by atoms with van der Waals surface area (Å²) >= 11 is 0. The number of nitrogens with zero attached hydrogens (tertiary/aromatic N) is 1. The summed E-state index contributed by atoms with van der Waals surface area (Å²) in [5.41, 5.74) is 0. The van der Waals surface area contributed by atoms with E-state index in [1.54, 1.807) is 0 Å². The topological polar surface area (TPSA) is 49.4 Å². The molecule has 1 rings (SSSR count). The second-order valence-electron chi connectivity index (χ2n) is 4.70. The Balaban J connectivity index is 2.41. The quantitative estimate of drug-likeness (QED) is 0.716. The van der Waals surface area contributed by atoms with E-state index in [1.807, 2.05) is 6.92 Å². The maximum atomic E-state index is 11.7. The second-order valence-corrected chi connectivity index (χ2v) is 4.70. The van der Waals surface area contributed by atoms with Crippen LogP contribution in [0, 0.1) is 5.92 Å². The highest BCUT2D eigenvalue weighted by Crippen LogP contribution is 2.18. The molecule has 0 spiro atoms. The van der Waals surface area contributed by atoms with Gasteiger partial charge in [-0.15, -0.1) is 0 Å². The summed E-state index contributed by atoms with van der Waals surface area (Å²) < 4.78 is 0. The largest absolute Gasteiger partial charge is 0.314 e. The van der Waals surface area contributed by atoms with E-state index in [-0.39, 0.29) is 17.7 Å². The zero-order chi connectivity index (χ0) is 12.1. The Hall–Kier alpha value is -0.900. The van der Waals surface area contributed by atoms with E-state index >= 15 is 0 Å². The zero-order valence-electron chi connectivity index (χ0n) is 10.5. The van der Waals surface area contributed by atoms with Crippen molar-refractivity contribution in [1.82, 2.24) is 10.2 Å². The lowest BCUT2D eigenvalue weighted by atomic mass is 9.97. The number of likely N-dealkylation sites (tertiary alicyclic amines) is 1. The fraction of sp³-hybridized carbons (Fsp3) is 0.833. The SMILES string of the molecule is CCNC(C)CCN1C(=O)CC(C)CC1=O. The van der Waals surface area contributed by atoms with E-state index in [1.165, 1.54) is 4.90 Å². The number of piperidine rings is 1. The first-order valence-electron chi connectivity index (χ1n) is 6.11. The molecule has 2 amide bonds. The van der Waals surface area contributed by atoms with Crippen LogP contribution in [-0.2, 0) is 9.59 Å². The number of nitrogens with one attached hydrogen (secondary N) is 1. The lowest BCUT2D eigenvalue weighted by Crippen LogP contribution is -2.44. The van der Waals surface area contributed by atoms with Crippen molar-refractivity contribution >= 4 is 11.8 Å². The summed E-state index contributed by atoms with van der Waals surface area (Å²) in [6.45, 7) is 7.55. The molecule has 1 N–H and O–H groups in total. The van der Waals surface area contributed by atoms with Crippen molar-refractivity contribution in [2.45, 2.75) is 46.1 Å². The first kappa shape index (κ1) is 13.2. The smallest absolute Gasteiger partial charge is 0.229 e. The molecule has 1 atom stereocenters. The maximum absolute atomic E-state index is 11.7. The van der Waals surface area contributed by atoms with Crippen LogP contribution in [0.3, 0.4) is 0 Å². The van der Waals surface area contributed by atoms with E-state index in [2.05, 4.69) is 19.2 Å². The molecule has 0 aromatic heterocycles. The molecule has 0 saturated carbocycles. The number of amides is 2. The number of hydrogen-bond acceptors (Lipinski definition) is 3. The lowest BCUT2D eigenvalue weighted by molar-refractivity contribution is -0.149. The van der Waals surface area contributed by atoms with Gasteiger partial charge in [-0.2, -0.15) is 0 Å². The Bertz CT molecular complexity index is 248. The second kappa shape index (κ2) is 5.99. The van der Waals surface area contributed by atoms with Gasteiger partial charge < -0.3 is 5.32 Å². The molecule has 1 aliphatic rings. The van der Waals surface area contributed by atoms with E-state index in [4.69, 9.17) is 0 Å². The third-order valence-electron chi connectivity index (χ3n) is 2.99. The van der Waals surface area contributed by atoms with Crippen LogP contribution in [0.1, 0.15) is 40.0 Å². The summed E-state index contributed by atoms with van der Waals surface area (Å²) in [5.74, 6) is 0.197.